The van der Waals surface area contributed by atoms with Crippen molar-refractivity contribution in [3.8, 4) is 0 Å². The number of primary amides is 1. The van der Waals surface area contributed by atoms with Crippen LogP contribution < -0.4 is 10.6 Å². The van der Waals surface area contributed by atoms with E-state index in [2.05, 4.69) is 45.2 Å². The molecular weight excluding hydrogens is 370 g/mol. The van der Waals surface area contributed by atoms with Gasteiger partial charge in [0.25, 0.3) is 5.91 Å². The van der Waals surface area contributed by atoms with Crippen LogP contribution in [0.1, 0.15) is 54.6 Å². The first kappa shape index (κ1) is 18.8. The number of piperidine rings is 1. The Morgan fingerprint density at radius 1 is 1.25 bits per heavy atom. The molecule has 1 amide bonds. The van der Waals surface area contributed by atoms with Gasteiger partial charge in [-0.25, -0.2) is 4.98 Å². The van der Waals surface area contributed by atoms with Crippen LogP contribution in [0.5, 0.6) is 0 Å². The lowest BCUT2D eigenvalue weighted by atomic mass is 9.87. The maximum absolute atomic E-state index is 11.1. The van der Waals surface area contributed by atoms with Gasteiger partial charge in [0.2, 0.25) is 0 Å². The maximum atomic E-state index is 11.1. The third-order valence-corrected chi connectivity index (χ3v) is 6.58. The van der Waals surface area contributed by atoms with Crippen LogP contribution >= 0.6 is 11.3 Å². The fourth-order valence-corrected chi connectivity index (χ4v) is 4.57. The van der Waals surface area contributed by atoms with Crippen LogP contribution in [0.15, 0.2) is 35.8 Å². The molecule has 1 aliphatic rings. The fraction of sp³-hybridized carbons (Fsp3) is 0.429. The van der Waals surface area contributed by atoms with Crippen LogP contribution in [0, 0.1) is 5.92 Å². The summed E-state index contributed by atoms with van der Waals surface area (Å²) in [6.07, 6.45) is 4.78. The van der Waals surface area contributed by atoms with Crippen molar-refractivity contribution < 1.29 is 4.79 Å². The first-order valence-corrected chi connectivity index (χ1v) is 10.7. The van der Waals surface area contributed by atoms with E-state index in [-0.39, 0.29) is 5.69 Å². The summed E-state index contributed by atoms with van der Waals surface area (Å²) in [7, 11) is 0. The average Bonchev–Trinajstić information content (AvgIpc) is 3.20. The topological polar surface area (TPSA) is 85.0 Å². The molecule has 1 aromatic carbocycles. The molecule has 4 rings (SSSR count). The minimum atomic E-state index is -0.541. The number of aromatic nitrogens is 3. The van der Waals surface area contributed by atoms with E-state index in [1.54, 1.807) is 17.4 Å². The number of fused-ring (bicyclic) bond motifs is 1. The van der Waals surface area contributed by atoms with Crippen LogP contribution in [0.2, 0.25) is 0 Å². The van der Waals surface area contributed by atoms with Crippen molar-refractivity contribution in [3.63, 3.8) is 0 Å². The molecule has 146 valence electrons. The van der Waals surface area contributed by atoms with E-state index < -0.39 is 5.91 Å². The molecule has 7 heteroatoms. The number of thiazole rings is 1. The van der Waals surface area contributed by atoms with Crippen molar-refractivity contribution in [1.82, 2.24) is 15.2 Å². The van der Waals surface area contributed by atoms with Gasteiger partial charge in [-0.15, -0.1) is 21.5 Å². The highest BCUT2D eigenvalue weighted by Gasteiger charge is 2.21. The number of amides is 1. The molecule has 1 fully saturated rings. The van der Waals surface area contributed by atoms with E-state index in [0.29, 0.717) is 5.92 Å². The minimum absolute atomic E-state index is 0.212. The van der Waals surface area contributed by atoms with Crippen molar-refractivity contribution in [2.45, 2.75) is 38.5 Å². The Morgan fingerprint density at radius 2 is 2.07 bits per heavy atom. The predicted octanol–water partition coefficient (Wildman–Crippen LogP) is 3.99. The summed E-state index contributed by atoms with van der Waals surface area (Å²) in [5, 5.41) is 8.07. The summed E-state index contributed by atoms with van der Waals surface area (Å²) < 4.78 is 1.26. The highest BCUT2D eigenvalue weighted by molar-refractivity contribution is 7.16. The normalized spacial score (nSPS) is 16.4. The van der Waals surface area contributed by atoms with Gasteiger partial charge in [0, 0.05) is 13.1 Å². The molecular formula is C21H25N5OS. The summed E-state index contributed by atoms with van der Waals surface area (Å²) in [6.45, 7) is 4.28. The van der Waals surface area contributed by atoms with Gasteiger partial charge in [-0.2, -0.15) is 0 Å². The van der Waals surface area contributed by atoms with E-state index in [4.69, 9.17) is 5.73 Å². The highest BCUT2D eigenvalue weighted by atomic mass is 32.1. The molecule has 0 bridgehead atoms. The number of carbonyl (C=O) groups is 1. The van der Waals surface area contributed by atoms with Crippen molar-refractivity contribution in [2.24, 2.45) is 11.7 Å². The van der Waals surface area contributed by atoms with Crippen molar-refractivity contribution in [1.29, 1.82) is 0 Å². The summed E-state index contributed by atoms with van der Waals surface area (Å²) in [6, 6.07) is 10.2. The van der Waals surface area contributed by atoms with Gasteiger partial charge in [-0.1, -0.05) is 13.0 Å². The largest absolute Gasteiger partial charge is 0.364 e. The van der Waals surface area contributed by atoms with E-state index in [9.17, 15) is 4.79 Å². The van der Waals surface area contributed by atoms with Crippen LogP contribution in [-0.2, 0) is 0 Å². The fourth-order valence-electron chi connectivity index (χ4n) is 3.91. The second-order valence-electron chi connectivity index (χ2n) is 7.63. The van der Waals surface area contributed by atoms with Gasteiger partial charge >= 0.3 is 0 Å². The number of anilines is 1. The Labute approximate surface area is 168 Å². The van der Waals surface area contributed by atoms with Crippen LogP contribution in [0.25, 0.3) is 10.2 Å². The minimum Gasteiger partial charge on any atom is -0.364 e. The molecule has 0 saturated carbocycles. The summed E-state index contributed by atoms with van der Waals surface area (Å²) in [5.41, 5.74) is 9.86. The molecule has 0 spiro atoms. The van der Waals surface area contributed by atoms with Gasteiger partial charge in [0.05, 0.1) is 15.7 Å². The number of benzene rings is 1. The number of hydrogen-bond donors (Lipinski definition) is 1. The third kappa shape index (κ3) is 4.14. The van der Waals surface area contributed by atoms with Crippen LogP contribution in [0.4, 0.5) is 5.82 Å². The molecule has 0 aliphatic carbocycles. The zero-order valence-electron chi connectivity index (χ0n) is 16.0. The molecule has 2 N–H and O–H groups in total. The quantitative estimate of drug-likeness (QED) is 0.682. The van der Waals surface area contributed by atoms with E-state index in [1.165, 1.54) is 23.1 Å². The lowest BCUT2D eigenvalue weighted by molar-refractivity contribution is 0.0994. The van der Waals surface area contributed by atoms with Crippen molar-refractivity contribution in [2.75, 3.05) is 18.0 Å². The van der Waals surface area contributed by atoms with E-state index in [1.807, 2.05) is 11.6 Å². The molecule has 0 radical (unpaired) electrons. The Bertz CT molecular complexity index is 947. The maximum Gasteiger partial charge on any atom is 0.269 e. The lowest BCUT2D eigenvalue weighted by Gasteiger charge is -2.33. The zero-order chi connectivity index (χ0) is 19.5. The first-order valence-electron chi connectivity index (χ1n) is 9.82. The number of nitrogens with zero attached hydrogens (tertiary/aromatic N) is 4. The second-order valence-corrected chi connectivity index (χ2v) is 8.52. The number of carbonyl (C=O) groups excluding carboxylic acids is 1. The Balaban J connectivity index is 1.27. The third-order valence-electron chi connectivity index (χ3n) is 5.77. The summed E-state index contributed by atoms with van der Waals surface area (Å²) in [5.74, 6) is 1.59. The monoisotopic (exact) mass is 395 g/mol. The molecule has 1 saturated heterocycles. The van der Waals surface area contributed by atoms with Crippen molar-refractivity contribution in [3.05, 3.63) is 47.1 Å². The number of hydrogen-bond acceptors (Lipinski definition) is 6. The molecule has 2 aromatic heterocycles. The SMILES string of the molecule is C[C@H](CCC1CCN(c2ccc(C(N)=O)nn2)CC1)c1ccc2scnc2c1. The molecule has 28 heavy (non-hydrogen) atoms. The van der Waals surface area contributed by atoms with Gasteiger partial charge in [-0.05, 0) is 67.3 Å². The van der Waals surface area contributed by atoms with E-state index >= 15 is 0 Å². The highest BCUT2D eigenvalue weighted by Crippen LogP contribution is 2.30. The lowest BCUT2D eigenvalue weighted by Crippen LogP contribution is -2.34. The molecule has 6 nitrogen and oxygen atoms in total. The summed E-state index contributed by atoms with van der Waals surface area (Å²) in [4.78, 5) is 17.8. The molecule has 0 unspecified atom stereocenters. The van der Waals surface area contributed by atoms with Gasteiger partial charge in [0.15, 0.2) is 11.5 Å². The summed E-state index contributed by atoms with van der Waals surface area (Å²) >= 11 is 1.70. The number of nitrogens with two attached hydrogens (primary N) is 1. The molecule has 3 heterocycles. The zero-order valence-corrected chi connectivity index (χ0v) is 16.9. The standard InChI is InChI=1S/C21H25N5OS/c1-14(16-4-6-19-18(12-16)23-13-28-19)2-3-15-8-10-26(11-9-15)20-7-5-17(21(22)27)24-25-20/h4-7,12-15H,2-3,8-11H2,1H3,(H2,22,27)/t14-/m1/s1. The second kappa shape index (κ2) is 8.22. The number of rotatable bonds is 6. The average molecular weight is 396 g/mol. The molecule has 1 aliphatic heterocycles. The Hall–Kier alpha value is -2.54. The van der Waals surface area contributed by atoms with Crippen molar-refractivity contribution >= 4 is 33.3 Å². The van der Waals surface area contributed by atoms with Crippen LogP contribution in [-0.4, -0.2) is 34.2 Å². The molecule has 3 aromatic rings. The van der Waals surface area contributed by atoms with Gasteiger partial charge < -0.3 is 10.6 Å². The Kier molecular flexibility index (Phi) is 5.52. The smallest absolute Gasteiger partial charge is 0.269 e. The molecule has 1 atom stereocenters. The Morgan fingerprint density at radius 3 is 2.79 bits per heavy atom. The van der Waals surface area contributed by atoms with Crippen LogP contribution in [0.3, 0.4) is 0 Å². The van der Waals surface area contributed by atoms with E-state index in [0.717, 1.165) is 43.2 Å². The van der Waals surface area contributed by atoms with Gasteiger partial charge in [-0.3, -0.25) is 4.79 Å². The van der Waals surface area contributed by atoms with Gasteiger partial charge in [0.1, 0.15) is 0 Å². The first-order chi connectivity index (χ1) is 13.6. The predicted molar refractivity (Wildman–Crippen MR) is 113 cm³/mol.